The Bertz CT molecular complexity index is 295. The van der Waals surface area contributed by atoms with Crippen LogP contribution in [0.1, 0.15) is 27.7 Å². The quantitative estimate of drug-likeness (QED) is 0.694. The SMILES string of the molecule is CC1(C)C=C(OCC2CS2)C(C)(C)N1[O]. The molecule has 15 heavy (non-hydrogen) atoms. The van der Waals surface area contributed by atoms with Gasteiger partial charge in [-0.25, -0.2) is 0 Å². The van der Waals surface area contributed by atoms with Crippen LogP contribution in [-0.2, 0) is 9.94 Å². The molecule has 0 N–H and O–H groups in total. The van der Waals surface area contributed by atoms with Gasteiger partial charge in [0.2, 0.25) is 0 Å². The van der Waals surface area contributed by atoms with Crippen LogP contribution in [0.3, 0.4) is 0 Å². The summed E-state index contributed by atoms with van der Waals surface area (Å²) in [5.41, 5.74) is -0.974. The summed E-state index contributed by atoms with van der Waals surface area (Å²) in [7, 11) is 0. The van der Waals surface area contributed by atoms with Crippen molar-refractivity contribution in [2.24, 2.45) is 0 Å². The molecule has 2 heterocycles. The van der Waals surface area contributed by atoms with Crippen molar-refractivity contribution < 1.29 is 9.94 Å². The number of nitrogens with zero attached hydrogens (tertiary/aromatic N) is 1. The van der Waals surface area contributed by atoms with E-state index in [0.29, 0.717) is 5.25 Å². The summed E-state index contributed by atoms with van der Waals surface area (Å²) in [4.78, 5) is 0. The van der Waals surface area contributed by atoms with Gasteiger partial charge < -0.3 is 4.74 Å². The predicted octanol–water partition coefficient (Wildman–Crippen LogP) is 2.22. The molecule has 1 unspecified atom stereocenters. The molecule has 3 nitrogen and oxygen atoms in total. The van der Waals surface area contributed by atoms with Crippen LogP contribution in [0.4, 0.5) is 0 Å². The molecule has 0 bridgehead atoms. The van der Waals surface area contributed by atoms with Crippen LogP contribution in [0.15, 0.2) is 11.8 Å². The molecule has 0 spiro atoms. The van der Waals surface area contributed by atoms with Gasteiger partial charge in [0.25, 0.3) is 0 Å². The third kappa shape index (κ3) is 2.03. The molecule has 2 aliphatic rings. The van der Waals surface area contributed by atoms with Gasteiger partial charge in [-0.1, -0.05) is 0 Å². The number of hydrogen-bond acceptors (Lipinski definition) is 3. The third-order valence-electron chi connectivity index (χ3n) is 2.95. The van der Waals surface area contributed by atoms with Crippen molar-refractivity contribution in [1.82, 2.24) is 5.06 Å². The molecule has 0 amide bonds. The summed E-state index contributed by atoms with van der Waals surface area (Å²) in [5, 5.41) is 13.8. The van der Waals surface area contributed by atoms with Gasteiger partial charge in [-0.2, -0.15) is 11.8 Å². The lowest BCUT2D eigenvalue weighted by atomic mass is 10.1. The first-order valence-corrected chi connectivity index (χ1v) is 6.34. The normalized spacial score (nSPS) is 32.6. The van der Waals surface area contributed by atoms with E-state index in [-0.39, 0.29) is 0 Å². The molecular weight excluding hydrogens is 210 g/mol. The maximum absolute atomic E-state index is 12.0. The lowest BCUT2D eigenvalue weighted by Crippen LogP contribution is -2.47. The van der Waals surface area contributed by atoms with Crippen molar-refractivity contribution >= 4 is 11.8 Å². The first-order chi connectivity index (χ1) is 6.84. The van der Waals surface area contributed by atoms with Crippen molar-refractivity contribution in [2.45, 2.75) is 44.0 Å². The van der Waals surface area contributed by atoms with Gasteiger partial charge in [-0.3, -0.25) is 0 Å². The highest BCUT2D eigenvalue weighted by molar-refractivity contribution is 8.06. The second kappa shape index (κ2) is 3.40. The van der Waals surface area contributed by atoms with Crippen LogP contribution < -0.4 is 0 Å². The van der Waals surface area contributed by atoms with Crippen molar-refractivity contribution in [3.05, 3.63) is 11.8 Å². The fourth-order valence-electron chi connectivity index (χ4n) is 1.94. The van der Waals surface area contributed by atoms with Crippen LogP contribution in [0, 0.1) is 0 Å². The largest absolute Gasteiger partial charge is 0.495 e. The number of thioether (sulfide) groups is 1. The van der Waals surface area contributed by atoms with Crippen molar-refractivity contribution in [3.8, 4) is 0 Å². The van der Waals surface area contributed by atoms with Gasteiger partial charge >= 0.3 is 0 Å². The van der Waals surface area contributed by atoms with Gasteiger partial charge in [0.05, 0.1) is 5.54 Å². The number of hydrogen-bond donors (Lipinski definition) is 0. The Morgan fingerprint density at radius 2 is 2.13 bits per heavy atom. The minimum absolute atomic E-state index is 0.449. The second-order valence-electron chi connectivity index (χ2n) is 5.28. The minimum Gasteiger partial charge on any atom is -0.495 e. The molecule has 0 saturated carbocycles. The molecule has 1 radical (unpaired) electrons. The molecule has 0 aromatic carbocycles. The molecule has 1 saturated heterocycles. The summed E-state index contributed by atoms with van der Waals surface area (Å²) >= 11 is 1.91. The molecular formula is C11H18NO2S. The van der Waals surface area contributed by atoms with Crippen LogP contribution >= 0.6 is 11.8 Å². The van der Waals surface area contributed by atoms with E-state index in [9.17, 15) is 5.21 Å². The van der Waals surface area contributed by atoms with Crippen molar-refractivity contribution in [3.63, 3.8) is 0 Å². The lowest BCUT2D eigenvalue weighted by Gasteiger charge is -2.33. The van der Waals surface area contributed by atoms with Crippen molar-refractivity contribution in [1.29, 1.82) is 0 Å². The number of ether oxygens (including phenoxy) is 1. The van der Waals surface area contributed by atoms with E-state index in [2.05, 4.69) is 0 Å². The van der Waals surface area contributed by atoms with E-state index in [4.69, 9.17) is 4.74 Å². The molecule has 2 rings (SSSR count). The Hall–Kier alpha value is -0.190. The second-order valence-corrected chi connectivity index (χ2v) is 6.62. The average molecular weight is 228 g/mol. The summed E-state index contributed by atoms with van der Waals surface area (Å²) < 4.78 is 5.75. The van der Waals surface area contributed by atoms with Crippen LogP contribution in [0.2, 0.25) is 0 Å². The summed E-state index contributed by atoms with van der Waals surface area (Å²) in [6, 6.07) is 0. The molecule has 1 fully saturated rings. The van der Waals surface area contributed by atoms with Gasteiger partial charge in [0.15, 0.2) is 0 Å². The molecule has 85 valence electrons. The van der Waals surface area contributed by atoms with E-state index in [1.165, 1.54) is 5.75 Å². The number of rotatable bonds is 3. The highest BCUT2D eigenvalue weighted by Crippen LogP contribution is 2.40. The maximum Gasteiger partial charge on any atom is 0.116 e. The van der Waals surface area contributed by atoms with Crippen LogP contribution in [0.5, 0.6) is 0 Å². The highest BCUT2D eigenvalue weighted by atomic mass is 32.2. The Morgan fingerprint density at radius 1 is 1.53 bits per heavy atom. The molecule has 0 aromatic rings. The van der Waals surface area contributed by atoms with Crippen LogP contribution in [0.25, 0.3) is 0 Å². The first kappa shape index (κ1) is 11.3. The zero-order chi connectivity index (χ0) is 11.3. The van der Waals surface area contributed by atoms with E-state index in [0.717, 1.165) is 17.4 Å². The Balaban J connectivity index is 2.07. The molecule has 4 heteroatoms. The monoisotopic (exact) mass is 228 g/mol. The van der Waals surface area contributed by atoms with Gasteiger partial charge in [-0.05, 0) is 33.8 Å². The predicted molar refractivity (Wildman–Crippen MR) is 61.0 cm³/mol. The summed E-state index contributed by atoms with van der Waals surface area (Å²) in [6.07, 6.45) is 1.95. The smallest absolute Gasteiger partial charge is 0.116 e. The third-order valence-corrected chi connectivity index (χ3v) is 3.89. The van der Waals surface area contributed by atoms with Gasteiger partial charge in [-0.15, -0.1) is 10.3 Å². The van der Waals surface area contributed by atoms with E-state index in [1.807, 2.05) is 45.5 Å². The Morgan fingerprint density at radius 3 is 2.53 bits per heavy atom. The van der Waals surface area contributed by atoms with Gasteiger partial charge in [0, 0.05) is 11.0 Å². The van der Waals surface area contributed by atoms with E-state index >= 15 is 0 Å². The number of hydroxylamine groups is 2. The Kier molecular flexibility index (Phi) is 2.56. The molecule has 2 aliphatic heterocycles. The van der Waals surface area contributed by atoms with Gasteiger partial charge in [0.1, 0.15) is 17.9 Å². The maximum atomic E-state index is 12.0. The fraction of sp³-hybridized carbons (Fsp3) is 0.818. The summed E-state index contributed by atoms with van der Waals surface area (Å²) in [5.74, 6) is 2.02. The average Bonchev–Trinajstić information content (AvgIpc) is 2.91. The lowest BCUT2D eigenvalue weighted by molar-refractivity contribution is -0.243. The highest BCUT2D eigenvalue weighted by Gasteiger charge is 2.48. The van der Waals surface area contributed by atoms with E-state index in [1.54, 1.807) is 0 Å². The standard InChI is InChI=1S/C11H18NO2S/c1-10(2)5-9(11(3,4)12(10)13)14-6-8-7-15-8/h5,8H,6-7H2,1-4H3. The van der Waals surface area contributed by atoms with Crippen molar-refractivity contribution in [2.75, 3.05) is 12.4 Å². The summed E-state index contributed by atoms with van der Waals surface area (Å²) in [6.45, 7) is 8.42. The zero-order valence-corrected chi connectivity index (χ0v) is 10.6. The minimum atomic E-state index is -0.525. The fourth-order valence-corrected chi connectivity index (χ4v) is 2.34. The topological polar surface area (TPSA) is 32.4 Å². The molecule has 1 atom stereocenters. The molecule has 0 aromatic heterocycles. The first-order valence-electron chi connectivity index (χ1n) is 5.29. The zero-order valence-electron chi connectivity index (χ0n) is 9.74. The van der Waals surface area contributed by atoms with E-state index < -0.39 is 11.1 Å². The van der Waals surface area contributed by atoms with Crippen LogP contribution in [-0.4, -0.2) is 33.8 Å². The molecule has 0 aliphatic carbocycles. The Labute approximate surface area is 95.4 Å².